The third-order valence-corrected chi connectivity index (χ3v) is 9.03. The standard InChI is InChI=1S/C40H48N6O2/c1-40(2,3)25-38(47)43-35-24-34(15-16-36(35)44-18-20-45(21-19-44)37-12-4-5-17-42-37)33-11-7-10-31(23-33)28-46(39(48)32-13-14-32)27-30-9-6-8-29(22-30)26-41/h4-12,15-17,22-24,32H,13-14,18-21,25-28,41H2,1-3H3,(H,43,47). The molecule has 48 heavy (non-hydrogen) atoms. The Hall–Kier alpha value is -4.69. The molecule has 2 aliphatic rings. The van der Waals surface area contributed by atoms with Crippen LogP contribution in [0, 0.1) is 11.3 Å². The fourth-order valence-corrected chi connectivity index (χ4v) is 6.43. The average Bonchev–Trinajstić information content (AvgIpc) is 3.94. The van der Waals surface area contributed by atoms with E-state index in [0.717, 1.165) is 84.0 Å². The number of amides is 2. The molecule has 250 valence electrons. The monoisotopic (exact) mass is 644 g/mol. The van der Waals surface area contributed by atoms with Crippen LogP contribution in [0.3, 0.4) is 0 Å². The molecule has 3 aromatic carbocycles. The summed E-state index contributed by atoms with van der Waals surface area (Å²) in [5.41, 5.74) is 12.9. The van der Waals surface area contributed by atoms with Gasteiger partial charge < -0.3 is 25.8 Å². The topological polar surface area (TPSA) is 94.8 Å². The number of nitrogens with zero attached hydrogens (tertiary/aromatic N) is 4. The summed E-state index contributed by atoms with van der Waals surface area (Å²) in [6, 6.07) is 29.0. The molecule has 1 saturated carbocycles. The molecule has 2 heterocycles. The van der Waals surface area contributed by atoms with Crippen LogP contribution in [0.5, 0.6) is 0 Å². The normalized spacial score (nSPS) is 14.9. The van der Waals surface area contributed by atoms with Gasteiger partial charge >= 0.3 is 0 Å². The maximum Gasteiger partial charge on any atom is 0.226 e. The second-order valence-electron chi connectivity index (χ2n) is 14.4. The third kappa shape index (κ3) is 8.61. The molecule has 0 unspecified atom stereocenters. The van der Waals surface area contributed by atoms with Gasteiger partial charge in [-0.1, -0.05) is 75.4 Å². The number of carbonyl (C=O) groups is 2. The number of rotatable bonds is 11. The highest BCUT2D eigenvalue weighted by atomic mass is 16.2. The molecule has 0 atom stereocenters. The van der Waals surface area contributed by atoms with Crippen molar-refractivity contribution in [1.29, 1.82) is 0 Å². The average molecular weight is 645 g/mol. The van der Waals surface area contributed by atoms with Crippen molar-refractivity contribution in [3.63, 3.8) is 0 Å². The van der Waals surface area contributed by atoms with Crippen molar-refractivity contribution in [2.45, 2.75) is 59.7 Å². The Morgan fingerprint density at radius 3 is 2.15 bits per heavy atom. The summed E-state index contributed by atoms with van der Waals surface area (Å²) in [4.78, 5) is 37.8. The molecule has 1 saturated heterocycles. The van der Waals surface area contributed by atoms with Gasteiger partial charge in [-0.15, -0.1) is 0 Å². The number of pyridine rings is 1. The van der Waals surface area contributed by atoms with Crippen LogP contribution in [-0.2, 0) is 29.2 Å². The number of hydrogen-bond acceptors (Lipinski definition) is 6. The van der Waals surface area contributed by atoms with E-state index < -0.39 is 0 Å². The Bertz CT molecular complexity index is 1720. The van der Waals surface area contributed by atoms with Crippen LogP contribution in [0.1, 0.15) is 56.7 Å². The number of piperazine rings is 1. The number of aromatic nitrogens is 1. The van der Waals surface area contributed by atoms with Gasteiger partial charge in [-0.3, -0.25) is 9.59 Å². The minimum absolute atomic E-state index is 0.00899. The quantitative estimate of drug-likeness (QED) is 0.186. The molecule has 2 fully saturated rings. The number of carbonyl (C=O) groups excluding carboxylic acids is 2. The second-order valence-corrected chi connectivity index (χ2v) is 14.4. The van der Waals surface area contributed by atoms with Gasteiger partial charge in [0.05, 0.1) is 11.4 Å². The smallest absolute Gasteiger partial charge is 0.226 e. The van der Waals surface area contributed by atoms with Gasteiger partial charge in [0.1, 0.15) is 5.82 Å². The molecular weight excluding hydrogens is 596 g/mol. The van der Waals surface area contributed by atoms with Gasteiger partial charge in [0.2, 0.25) is 11.8 Å². The van der Waals surface area contributed by atoms with Gasteiger partial charge in [0.25, 0.3) is 0 Å². The highest BCUT2D eigenvalue weighted by Crippen LogP contribution is 2.35. The number of nitrogens with two attached hydrogens (primary N) is 1. The van der Waals surface area contributed by atoms with E-state index in [1.807, 2.05) is 35.4 Å². The van der Waals surface area contributed by atoms with Crippen molar-refractivity contribution in [3.8, 4) is 11.1 Å². The van der Waals surface area contributed by atoms with E-state index in [2.05, 4.69) is 102 Å². The molecule has 2 amide bonds. The first-order valence-electron chi connectivity index (χ1n) is 17.2. The van der Waals surface area contributed by atoms with E-state index in [9.17, 15) is 9.59 Å². The maximum atomic E-state index is 13.4. The van der Waals surface area contributed by atoms with E-state index in [-0.39, 0.29) is 23.1 Å². The molecule has 0 radical (unpaired) electrons. The zero-order valence-electron chi connectivity index (χ0n) is 28.5. The molecular formula is C40H48N6O2. The Kier molecular flexibility index (Phi) is 10.1. The highest BCUT2D eigenvalue weighted by molar-refractivity contribution is 5.96. The van der Waals surface area contributed by atoms with E-state index >= 15 is 0 Å². The first-order valence-corrected chi connectivity index (χ1v) is 17.2. The summed E-state index contributed by atoms with van der Waals surface area (Å²) in [7, 11) is 0. The summed E-state index contributed by atoms with van der Waals surface area (Å²) in [6.07, 6.45) is 4.19. The van der Waals surface area contributed by atoms with E-state index in [4.69, 9.17) is 5.73 Å². The lowest BCUT2D eigenvalue weighted by Crippen LogP contribution is -2.47. The zero-order chi connectivity index (χ0) is 33.7. The highest BCUT2D eigenvalue weighted by Gasteiger charge is 2.33. The molecule has 3 N–H and O–H groups in total. The molecule has 1 aliphatic heterocycles. The molecule has 4 aromatic rings. The predicted octanol–water partition coefficient (Wildman–Crippen LogP) is 6.85. The lowest BCUT2D eigenvalue weighted by Gasteiger charge is -2.37. The van der Waals surface area contributed by atoms with Crippen LogP contribution in [0.2, 0.25) is 0 Å². The summed E-state index contributed by atoms with van der Waals surface area (Å²) < 4.78 is 0. The van der Waals surface area contributed by atoms with Crippen molar-refractivity contribution in [3.05, 3.63) is 108 Å². The number of benzene rings is 3. The molecule has 8 nitrogen and oxygen atoms in total. The molecule has 6 rings (SSSR count). The first-order chi connectivity index (χ1) is 23.1. The van der Waals surface area contributed by atoms with Crippen LogP contribution in [0.15, 0.2) is 91.1 Å². The molecule has 1 aromatic heterocycles. The van der Waals surface area contributed by atoms with Gasteiger partial charge in [0, 0.05) is 64.3 Å². The zero-order valence-corrected chi connectivity index (χ0v) is 28.5. The molecule has 8 heteroatoms. The molecule has 1 aliphatic carbocycles. The summed E-state index contributed by atoms with van der Waals surface area (Å²) in [6.45, 7) is 11.2. The summed E-state index contributed by atoms with van der Waals surface area (Å²) in [5.74, 6) is 1.35. The largest absolute Gasteiger partial charge is 0.366 e. The number of hydrogen-bond donors (Lipinski definition) is 2. The second kappa shape index (κ2) is 14.6. The van der Waals surface area contributed by atoms with E-state index in [1.54, 1.807) is 0 Å². The molecule has 0 spiro atoms. The van der Waals surface area contributed by atoms with Crippen molar-refractivity contribution < 1.29 is 9.59 Å². The predicted molar refractivity (Wildman–Crippen MR) is 195 cm³/mol. The fourth-order valence-electron chi connectivity index (χ4n) is 6.43. The Labute approximate surface area is 285 Å². The first kappa shape index (κ1) is 33.2. The van der Waals surface area contributed by atoms with Gasteiger partial charge in [0.15, 0.2) is 0 Å². The lowest BCUT2D eigenvalue weighted by atomic mass is 9.92. The van der Waals surface area contributed by atoms with Gasteiger partial charge in [-0.05, 0) is 76.4 Å². The summed E-state index contributed by atoms with van der Waals surface area (Å²) in [5, 5.41) is 3.27. The van der Waals surface area contributed by atoms with Crippen molar-refractivity contribution in [2.75, 3.05) is 41.3 Å². The van der Waals surface area contributed by atoms with Gasteiger partial charge in [-0.25, -0.2) is 4.98 Å². The fraction of sp³-hybridized carbons (Fsp3) is 0.375. The Morgan fingerprint density at radius 2 is 1.48 bits per heavy atom. The van der Waals surface area contributed by atoms with Crippen molar-refractivity contribution in [2.24, 2.45) is 17.1 Å². The number of nitrogens with one attached hydrogen (secondary N) is 1. The Balaban J connectivity index is 1.24. The third-order valence-electron chi connectivity index (χ3n) is 9.03. The van der Waals surface area contributed by atoms with Crippen LogP contribution in [0.4, 0.5) is 17.2 Å². The molecule has 0 bridgehead atoms. The minimum atomic E-state index is -0.125. The number of anilines is 3. The maximum absolute atomic E-state index is 13.4. The van der Waals surface area contributed by atoms with E-state index in [0.29, 0.717) is 26.1 Å². The van der Waals surface area contributed by atoms with Crippen LogP contribution in [0.25, 0.3) is 11.1 Å². The van der Waals surface area contributed by atoms with Crippen LogP contribution < -0.4 is 20.9 Å². The lowest BCUT2D eigenvalue weighted by molar-refractivity contribution is -0.133. The SMILES string of the molecule is CC(C)(C)CC(=O)Nc1cc(-c2cccc(CN(Cc3cccc(CN)c3)C(=O)C3CC3)c2)ccc1N1CCN(c2ccccn2)CC1. The summed E-state index contributed by atoms with van der Waals surface area (Å²) >= 11 is 0. The van der Waals surface area contributed by atoms with Crippen LogP contribution >= 0.6 is 0 Å². The van der Waals surface area contributed by atoms with Crippen molar-refractivity contribution >= 4 is 29.0 Å². The van der Waals surface area contributed by atoms with Crippen molar-refractivity contribution in [1.82, 2.24) is 9.88 Å². The minimum Gasteiger partial charge on any atom is -0.366 e. The Morgan fingerprint density at radius 1 is 0.812 bits per heavy atom. The van der Waals surface area contributed by atoms with Crippen LogP contribution in [-0.4, -0.2) is 47.9 Å². The van der Waals surface area contributed by atoms with Gasteiger partial charge in [-0.2, -0.15) is 0 Å². The van der Waals surface area contributed by atoms with E-state index in [1.165, 1.54) is 0 Å².